The van der Waals surface area contributed by atoms with Crippen molar-refractivity contribution >= 4 is 11.9 Å². The SMILES string of the molecule is CCCCCCCCCCCCCCCOC(=O)CCCCCCCCC(=O)OC(C)CCCC. The first-order valence-electron chi connectivity index (χ1n) is 15.4. The van der Waals surface area contributed by atoms with Crippen LogP contribution in [-0.4, -0.2) is 24.6 Å². The van der Waals surface area contributed by atoms with Crippen LogP contribution in [0.2, 0.25) is 0 Å². The largest absolute Gasteiger partial charge is 0.466 e. The van der Waals surface area contributed by atoms with Gasteiger partial charge in [0.25, 0.3) is 0 Å². The smallest absolute Gasteiger partial charge is 0.306 e. The van der Waals surface area contributed by atoms with E-state index in [0.29, 0.717) is 19.4 Å². The van der Waals surface area contributed by atoms with Crippen LogP contribution in [0.3, 0.4) is 0 Å². The molecule has 208 valence electrons. The highest BCUT2D eigenvalue weighted by Gasteiger charge is 2.08. The highest BCUT2D eigenvalue weighted by molar-refractivity contribution is 5.69. The third-order valence-corrected chi connectivity index (χ3v) is 6.82. The number of hydrogen-bond acceptors (Lipinski definition) is 4. The average Bonchev–Trinajstić information content (AvgIpc) is 2.84. The van der Waals surface area contributed by atoms with E-state index in [1.807, 2.05) is 6.92 Å². The fourth-order valence-electron chi connectivity index (χ4n) is 4.46. The summed E-state index contributed by atoms with van der Waals surface area (Å²) in [4.78, 5) is 23.6. The summed E-state index contributed by atoms with van der Waals surface area (Å²) in [5.41, 5.74) is 0. The molecule has 0 spiro atoms. The Labute approximate surface area is 218 Å². The molecule has 0 aromatic heterocycles. The van der Waals surface area contributed by atoms with Gasteiger partial charge in [-0.05, 0) is 32.6 Å². The fraction of sp³-hybridized carbons (Fsp3) is 0.935. The number of unbranched alkanes of at least 4 members (excludes halogenated alkanes) is 18. The number of hydrogen-bond donors (Lipinski definition) is 0. The molecule has 1 atom stereocenters. The molecule has 1 unspecified atom stereocenters. The van der Waals surface area contributed by atoms with Crippen molar-refractivity contribution in [1.29, 1.82) is 0 Å². The first kappa shape index (κ1) is 33.9. The maximum atomic E-state index is 11.9. The number of rotatable bonds is 27. The minimum atomic E-state index is -0.0557. The normalized spacial score (nSPS) is 12.0. The topological polar surface area (TPSA) is 52.6 Å². The van der Waals surface area contributed by atoms with Gasteiger partial charge in [-0.15, -0.1) is 0 Å². The van der Waals surface area contributed by atoms with Gasteiger partial charge in [-0.3, -0.25) is 9.59 Å². The number of esters is 2. The zero-order chi connectivity index (χ0) is 25.8. The molecule has 35 heavy (non-hydrogen) atoms. The number of carbonyl (C=O) groups excluding carboxylic acids is 2. The first-order chi connectivity index (χ1) is 17.1. The Hall–Kier alpha value is -1.06. The Morgan fingerprint density at radius 1 is 0.514 bits per heavy atom. The second-order valence-electron chi connectivity index (χ2n) is 10.5. The van der Waals surface area contributed by atoms with Crippen LogP contribution in [-0.2, 0) is 19.1 Å². The van der Waals surface area contributed by atoms with Gasteiger partial charge in [0.05, 0.1) is 12.7 Å². The maximum absolute atomic E-state index is 11.9. The van der Waals surface area contributed by atoms with Crippen molar-refractivity contribution in [3.05, 3.63) is 0 Å². The van der Waals surface area contributed by atoms with Gasteiger partial charge in [0.15, 0.2) is 0 Å². The summed E-state index contributed by atoms with van der Waals surface area (Å²) >= 11 is 0. The van der Waals surface area contributed by atoms with E-state index in [1.165, 1.54) is 77.0 Å². The minimum absolute atomic E-state index is 0.0381. The summed E-state index contributed by atoms with van der Waals surface area (Å²) in [6.45, 7) is 7.00. The Kier molecular flexibility index (Phi) is 26.7. The van der Waals surface area contributed by atoms with Crippen LogP contribution in [0, 0.1) is 0 Å². The van der Waals surface area contributed by atoms with Gasteiger partial charge in [-0.1, -0.05) is 129 Å². The zero-order valence-corrected chi connectivity index (χ0v) is 23.9. The molecule has 4 heteroatoms. The van der Waals surface area contributed by atoms with Gasteiger partial charge < -0.3 is 9.47 Å². The molecule has 0 aliphatic carbocycles. The molecule has 0 radical (unpaired) electrons. The van der Waals surface area contributed by atoms with E-state index in [2.05, 4.69) is 13.8 Å². The highest BCUT2D eigenvalue weighted by atomic mass is 16.5. The molecule has 0 heterocycles. The van der Waals surface area contributed by atoms with E-state index in [4.69, 9.17) is 9.47 Å². The number of ether oxygens (including phenoxy) is 2. The molecule has 0 saturated carbocycles. The summed E-state index contributed by atoms with van der Waals surface area (Å²) < 4.78 is 10.8. The van der Waals surface area contributed by atoms with Crippen LogP contribution in [0.1, 0.15) is 175 Å². The van der Waals surface area contributed by atoms with Crippen LogP contribution in [0.4, 0.5) is 0 Å². The van der Waals surface area contributed by atoms with Crippen molar-refractivity contribution in [1.82, 2.24) is 0 Å². The molecular formula is C31H60O4. The average molecular weight is 497 g/mol. The van der Waals surface area contributed by atoms with Crippen LogP contribution in [0.25, 0.3) is 0 Å². The molecule has 4 nitrogen and oxygen atoms in total. The van der Waals surface area contributed by atoms with E-state index >= 15 is 0 Å². The molecule has 0 aliphatic rings. The second kappa shape index (κ2) is 27.5. The molecule has 0 amide bonds. The zero-order valence-electron chi connectivity index (χ0n) is 23.9. The van der Waals surface area contributed by atoms with E-state index in [0.717, 1.165) is 64.2 Å². The summed E-state index contributed by atoms with van der Waals surface area (Å²) in [5, 5.41) is 0. The van der Waals surface area contributed by atoms with Crippen molar-refractivity contribution in [2.75, 3.05) is 6.61 Å². The van der Waals surface area contributed by atoms with E-state index in [-0.39, 0.29) is 18.0 Å². The Morgan fingerprint density at radius 2 is 0.914 bits per heavy atom. The van der Waals surface area contributed by atoms with Gasteiger partial charge in [0.1, 0.15) is 0 Å². The van der Waals surface area contributed by atoms with Crippen LogP contribution < -0.4 is 0 Å². The lowest BCUT2D eigenvalue weighted by Gasteiger charge is -2.12. The van der Waals surface area contributed by atoms with Crippen molar-refractivity contribution in [2.24, 2.45) is 0 Å². The van der Waals surface area contributed by atoms with E-state index in [9.17, 15) is 9.59 Å². The van der Waals surface area contributed by atoms with Crippen molar-refractivity contribution in [3.8, 4) is 0 Å². The fourth-order valence-corrected chi connectivity index (χ4v) is 4.46. The molecule has 0 bridgehead atoms. The molecule has 0 N–H and O–H groups in total. The maximum Gasteiger partial charge on any atom is 0.306 e. The van der Waals surface area contributed by atoms with Crippen molar-refractivity contribution in [3.63, 3.8) is 0 Å². The van der Waals surface area contributed by atoms with Crippen LogP contribution >= 0.6 is 0 Å². The highest BCUT2D eigenvalue weighted by Crippen LogP contribution is 2.13. The van der Waals surface area contributed by atoms with Gasteiger partial charge in [0, 0.05) is 12.8 Å². The molecule has 0 saturated heterocycles. The molecule has 0 aromatic carbocycles. The molecule has 0 fully saturated rings. The van der Waals surface area contributed by atoms with Gasteiger partial charge >= 0.3 is 11.9 Å². The third kappa shape index (κ3) is 27.4. The van der Waals surface area contributed by atoms with Gasteiger partial charge in [-0.2, -0.15) is 0 Å². The standard InChI is InChI=1S/C31H60O4/c1-4-6-8-9-10-11-12-13-14-15-18-21-24-28-34-30(32)26-22-19-16-17-20-23-27-31(33)35-29(3)25-7-5-2/h29H,4-28H2,1-3H3. The second-order valence-corrected chi connectivity index (χ2v) is 10.5. The summed E-state index contributed by atoms with van der Waals surface area (Å²) in [6.07, 6.45) is 27.8. The van der Waals surface area contributed by atoms with Gasteiger partial charge in [0.2, 0.25) is 0 Å². The Balaban J connectivity index is 3.28. The lowest BCUT2D eigenvalue weighted by atomic mass is 10.0. The summed E-state index contributed by atoms with van der Waals surface area (Å²) in [5.74, 6) is -0.0938. The first-order valence-corrected chi connectivity index (χ1v) is 15.4. The lowest BCUT2D eigenvalue weighted by molar-refractivity contribution is -0.148. The van der Waals surface area contributed by atoms with Gasteiger partial charge in [-0.25, -0.2) is 0 Å². The summed E-state index contributed by atoms with van der Waals surface area (Å²) in [6, 6.07) is 0. The minimum Gasteiger partial charge on any atom is -0.466 e. The van der Waals surface area contributed by atoms with Crippen molar-refractivity contribution in [2.45, 2.75) is 181 Å². The van der Waals surface area contributed by atoms with Crippen molar-refractivity contribution < 1.29 is 19.1 Å². The van der Waals surface area contributed by atoms with E-state index < -0.39 is 0 Å². The summed E-state index contributed by atoms with van der Waals surface area (Å²) in [7, 11) is 0. The van der Waals surface area contributed by atoms with Crippen LogP contribution in [0.5, 0.6) is 0 Å². The quantitative estimate of drug-likeness (QED) is 0.0838. The molecule has 0 aliphatic heterocycles. The Morgan fingerprint density at radius 3 is 1.40 bits per heavy atom. The molecule has 0 rings (SSSR count). The Bertz CT molecular complexity index is 463. The molecule has 0 aromatic rings. The third-order valence-electron chi connectivity index (χ3n) is 6.82. The monoisotopic (exact) mass is 496 g/mol. The predicted molar refractivity (Wildman–Crippen MR) is 149 cm³/mol. The van der Waals surface area contributed by atoms with E-state index in [1.54, 1.807) is 0 Å². The lowest BCUT2D eigenvalue weighted by Crippen LogP contribution is -2.14. The predicted octanol–water partition coefficient (Wildman–Crippen LogP) is 9.86. The number of carbonyl (C=O) groups is 2. The molecular weight excluding hydrogens is 436 g/mol. The van der Waals surface area contributed by atoms with Crippen LogP contribution in [0.15, 0.2) is 0 Å².